The molecule has 102 valence electrons. The molecule has 0 amide bonds. The van der Waals surface area contributed by atoms with Crippen LogP contribution in [-0.2, 0) is 6.54 Å². The zero-order valence-corrected chi connectivity index (χ0v) is 12.4. The molecule has 1 aliphatic rings. The fourth-order valence-corrected chi connectivity index (χ4v) is 3.20. The maximum absolute atomic E-state index is 9.31. The number of nitriles is 1. The molecule has 0 N–H and O–H groups in total. The van der Waals surface area contributed by atoms with Gasteiger partial charge in [0.25, 0.3) is 0 Å². The molecule has 0 aromatic heterocycles. The van der Waals surface area contributed by atoms with Gasteiger partial charge in [0.1, 0.15) is 0 Å². The van der Waals surface area contributed by atoms with E-state index in [0.717, 1.165) is 30.0 Å². The fraction of sp³-hybridized carbons (Fsp3) is 0.562. The third kappa shape index (κ3) is 3.49. The number of hydrogen-bond acceptors (Lipinski definition) is 2. The Kier molecular flexibility index (Phi) is 4.85. The van der Waals surface area contributed by atoms with Crippen LogP contribution in [0.4, 0.5) is 0 Å². The second-order valence-corrected chi connectivity index (χ2v) is 6.13. The lowest BCUT2D eigenvalue weighted by Crippen LogP contribution is -2.41. The average molecular weight is 277 g/mol. The van der Waals surface area contributed by atoms with Gasteiger partial charge in [-0.3, -0.25) is 4.90 Å². The summed E-state index contributed by atoms with van der Waals surface area (Å²) in [6, 6.07) is 10.8. The molecular formula is C16H21ClN2. The molecule has 2 rings (SSSR count). The molecule has 19 heavy (non-hydrogen) atoms. The molecule has 0 aliphatic heterocycles. The summed E-state index contributed by atoms with van der Waals surface area (Å²) in [6.07, 6.45) is 3.31. The van der Waals surface area contributed by atoms with Crippen molar-refractivity contribution >= 4 is 11.6 Å². The van der Waals surface area contributed by atoms with E-state index < -0.39 is 0 Å². The average Bonchev–Trinajstić information content (AvgIpc) is 2.41. The SMILES string of the molecule is CC1CCC(C#N)C(N(C)Cc2ccccc2Cl)C1. The highest BCUT2D eigenvalue weighted by Crippen LogP contribution is 2.32. The minimum atomic E-state index is 0.156. The lowest BCUT2D eigenvalue weighted by molar-refractivity contribution is 0.125. The van der Waals surface area contributed by atoms with E-state index in [1.165, 1.54) is 6.42 Å². The molecule has 1 fully saturated rings. The third-order valence-corrected chi connectivity index (χ3v) is 4.56. The topological polar surface area (TPSA) is 27.0 Å². The van der Waals surface area contributed by atoms with Crippen molar-refractivity contribution in [1.29, 1.82) is 5.26 Å². The lowest BCUT2D eigenvalue weighted by atomic mass is 9.79. The minimum absolute atomic E-state index is 0.156. The van der Waals surface area contributed by atoms with Crippen LogP contribution in [0.2, 0.25) is 5.02 Å². The van der Waals surface area contributed by atoms with E-state index in [1.807, 2.05) is 18.2 Å². The number of benzene rings is 1. The summed E-state index contributed by atoms with van der Waals surface area (Å²) in [5, 5.41) is 10.1. The summed E-state index contributed by atoms with van der Waals surface area (Å²) in [4.78, 5) is 2.30. The number of nitrogens with zero attached hydrogens (tertiary/aromatic N) is 2. The maximum atomic E-state index is 9.31. The molecule has 3 heteroatoms. The van der Waals surface area contributed by atoms with E-state index in [-0.39, 0.29) is 5.92 Å². The van der Waals surface area contributed by atoms with E-state index in [2.05, 4.69) is 31.0 Å². The van der Waals surface area contributed by atoms with Gasteiger partial charge in [-0.05, 0) is 43.9 Å². The summed E-state index contributed by atoms with van der Waals surface area (Å²) >= 11 is 6.21. The Morgan fingerprint density at radius 3 is 2.79 bits per heavy atom. The maximum Gasteiger partial charge on any atom is 0.0672 e. The van der Waals surface area contributed by atoms with E-state index in [1.54, 1.807) is 0 Å². The first-order chi connectivity index (χ1) is 9.11. The van der Waals surface area contributed by atoms with Crippen molar-refractivity contribution in [1.82, 2.24) is 4.90 Å². The molecule has 0 heterocycles. The van der Waals surface area contributed by atoms with Crippen molar-refractivity contribution < 1.29 is 0 Å². The zero-order chi connectivity index (χ0) is 13.8. The Morgan fingerprint density at radius 2 is 2.11 bits per heavy atom. The number of hydrogen-bond donors (Lipinski definition) is 0. The molecule has 2 nitrogen and oxygen atoms in total. The van der Waals surface area contributed by atoms with Gasteiger partial charge in [0, 0.05) is 17.6 Å². The van der Waals surface area contributed by atoms with Crippen molar-refractivity contribution in [2.45, 2.75) is 38.8 Å². The molecule has 1 aromatic rings. The van der Waals surface area contributed by atoms with Gasteiger partial charge < -0.3 is 0 Å². The second-order valence-electron chi connectivity index (χ2n) is 5.73. The van der Waals surface area contributed by atoms with E-state index in [4.69, 9.17) is 11.6 Å². The van der Waals surface area contributed by atoms with Crippen LogP contribution in [-0.4, -0.2) is 18.0 Å². The molecule has 1 aliphatic carbocycles. The first-order valence-corrected chi connectivity index (χ1v) is 7.33. The van der Waals surface area contributed by atoms with Gasteiger partial charge in [-0.2, -0.15) is 5.26 Å². The third-order valence-electron chi connectivity index (χ3n) is 4.19. The predicted molar refractivity (Wildman–Crippen MR) is 78.8 cm³/mol. The van der Waals surface area contributed by atoms with Crippen LogP contribution in [0.1, 0.15) is 31.7 Å². The summed E-state index contributed by atoms with van der Waals surface area (Å²) in [5.41, 5.74) is 1.14. The van der Waals surface area contributed by atoms with Crippen molar-refractivity contribution in [2.24, 2.45) is 11.8 Å². The van der Waals surface area contributed by atoms with Crippen LogP contribution in [0.5, 0.6) is 0 Å². The summed E-state index contributed by atoms with van der Waals surface area (Å²) in [5.74, 6) is 0.868. The van der Waals surface area contributed by atoms with E-state index >= 15 is 0 Å². The molecular weight excluding hydrogens is 256 g/mol. The van der Waals surface area contributed by atoms with Crippen molar-refractivity contribution in [3.8, 4) is 6.07 Å². The quantitative estimate of drug-likeness (QED) is 0.831. The molecule has 1 saturated carbocycles. The molecule has 1 aromatic carbocycles. The molecule has 0 radical (unpaired) electrons. The number of rotatable bonds is 3. The van der Waals surface area contributed by atoms with Crippen molar-refractivity contribution in [3.63, 3.8) is 0 Å². The van der Waals surface area contributed by atoms with Gasteiger partial charge in [0.2, 0.25) is 0 Å². The Bertz CT molecular complexity index is 466. The summed E-state index contributed by atoms with van der Waals surface area (Å²) < 4.78 is 0. The van der Waals surface area contributed by atoms with Crippen LogP contribution >= 0.6 is 11.6 Å². The molecule has 0 bridgehead atoms. The fourth-order valence-electron chi connectivity index (χ4n) is 3.00. The van der Waals surface area contributed by atoms with Crippen molar-refractivity contribution in [2.75, 3.05) is 7.05 Å². The monoisotopic (exact) mass is 276 g/mol. The smallest absolute Gasteiger partial charge is 0.0672 e. The Labute approximate surface area is 121 Å². The Balaban J connectivity index is 2.08. The van der Waals surface area contributed by atoms with Crippen molar-refractivity contribution in [3.05, 3.63) is 34.9 Å². The Morgan fingerprint density at radius 1 is 1.37 bits per heavy atom. The van der Waals surface area contributed by atoms with Gasteiger partial charge in [-0.15, -0.1) is 0 Å². The Hall–Kier alpha value is -1.04. The normalized spacial score (nSPS) is 27.2. The van der Waals surface area contributed by atoms with Gasteiger partial charge in [-0.1, -0.05) is 36.7 Å². The van der Waals surface area contributed by atoms with Gasteiger partial charge >= 0.3 is 0 Å². The summed E-state index contributed by atoms with van der Waals surface area (Å²) in [7, 11) is 2.11. The van der Waals surface area contributed by atoms with Crippen LogP contribution in [0.3, 0.4) is 0 Å². The molecule has 0 spiro atoms. The highest BCUT2D eigenvalue weighted by atomic mass is 35.5. The van der Waals surface area contributed by atoms with Gasteiger partial charge in [0.15, 0.2) is 0 Å². The molecule has 0 saturated heterocycles. The highest BCUT2D eigenvalue weighted by Gasteiger charge is 2.31. The summed E-state index contributed by atoms with van der Waals surface area (Å²) in [6.45, 7) is 3.10. The second kappa shape index (κ2) is 6.41. The minimum Gasteiger partial charge on any atom is -0.298 e. The molecule has 3 atom stereocenters. The van der Waals surface area contributed by atoms with Crippen LogP contribution in [0.15, 0.2) is 24.3 Å². The lowest BCUT2D eigenvalue weighted by Gasteiger charge is -2.37. The highest BCUT2D eigenvalue weighted by molar-refractivity contribution is 6.31. The first kappa shape index (κ1) is 14.4. The molecule has 3 unspecified atom stereocenters. The first-order valence-electron chi connectivity index (χ1n) is 6.95. The number of halogens is 1. The zero-order valence-electron chi connectivity index (χ0n) is 11.6. The van der Waals surface area contributed by atoms with Crippen LogP contribution in [0.25, 0.3) is 0 Å². The van der Waals surface area contributed by atoms with E-state index in [9.17, 15) is 5.26 Å². The van der Waals surface area contributed by atoms with Gasteiger partial charge in [0.05, 0.1) is 12.0 Å². The van der Waals surface area contributed by atoms with Crippen LogP contribution < -0.4 is 0 Å². The largest absolute Gasteiger partial charge is 0.298 e. The standard InChI is InChI=1S/C16H21ClN2/c1-12-7-8-13(10-18)16(9-12)19(2)11-14-5-3-4-6-15(14)17/h3-6,12-13,16H,7-9,11H2,1-2H3. The predicted octanol–water partition coefficient (Wildman–Crippen LogP) is 4.10. The van der Waals surface area contributed by atoms with Crippen LogP contribution in [0, 0.1) is 23.2 Å². The van der Waals surface area contributed by atoms with E-state index in [0.29, 0.717) is 12.0 Å². The van der Waals surface area contributed by atoms with Gasteiger partial charge in [-0.25, -0.2) is 0 Å².